The quantitative estimate of drug-likeness (QED) is 0.294. The van der Waals surface area contributed by atoms with Crippen LogP contribution >= 0.6 is 0 Å². The molecule has 1 spiro atoms. The molecule has 4 saturated carbocycles. The summed E-state index contributed by atoms with van der Waals surface area (Å²) in [6, 6.07) is 0. The normalized spacial score (nSPS) is 50.6. The van der Waals surface area contributed by atoms with Crippen molar-refractivity contribution in [2.75, 3.05) is 13.2 Å². The smallest absolute Gasteiger partial charge is 0.310 e. The molecule has 6 fully saturated rings. The van der Waals surface area contributed by atoms with Gasteiger partial charge in [0.2, 0.25) is 0 Å². The molecule has 0 amide bonds. The first-order chi connectivity index (χ1) is 18.5. The van der Waals surface area contributed by atoms with Gasteiger partial charge >= 0.3 is 11.9 Å². The van der Waals surface area contributed by atoms with Gasteiger partial charge in [0.05, 0.1) is 23.4 Å². The molecule has 0 radical (unpaired) electrons. The van der Waals surface area contributed by atoms with Crippen LogP contribution in [-0.2, 0) is 19.1 Å². The Morgan fingerprint density at radius 1 is 1.00 bits per heavy atom. The van der Waals surface area contributed by atoms with Crippen molar-refractivity contribution in [3.05, 3.63) is 11.6 Å². The Kier molecular flexibility index (Phi) is 6.16. The zero-order valence-electron chi connectivity index (χ0n) is 25.9. The lowest BCUT2D eigenvalue weighted by molar-refractivity contribution is -0.404. The number of allylic oxidation sites excluding steroid dienone is 2. The van der Waals surface area contributed by atoms with E-state index in [-0.39, 0.29) is 52.0 Å². The maximum atomic E-state index is 12.9. The highest BCUT2D eigenvalue weighted by molar-refractivity contribution is 5.76. The van der Waals surface area contributed by atoms with Crippen molar-refractivity contribution >= 4 is 11.9 Å². The summed E-state index contributed by atoms with van der Waals surface area (Å²) in [5, 5.41) is 22.4. The van der Waals surface area contributed by atoms with Gasteiger partial charge in [-0.1, -0.05) is 60.1 Å². The van der Waals surface area contributed by atoms with Crippen LogP contribution in [0.4, 0.5) is 0 Å². The molecule has 2 saturated heterocycles. The van der Waals surface area contributed by atoms with E-state index in [4.69, 9.17) is 9.47 Å². The molecule has 6 nitrogen and oxygen atoms in total. The first kappa shape index (κ1) is 28.7. The van der Waals surface area contributed by atoms with Crippen LogP contribution in [0.1, 0.15) is 113 Å². The van der Waals surface area contributed by atoms with Crippen LogP contribution in [0.5, 0.6) is 0 Å². The van der Waals surface area contributed by atoms with E-state index in [0.717, 1.165) is 57.8 Å². The topological polar surface area (TPSA) is 93.1 Å². The molecule has 7 aliphatic rings. The van der Waals surface area contributed by atoms with Gasteiger partial charge in [-0.2, -0.15) is 0 Å². The number of carbonyl (C=O) groups excluding carboxylic acids is 1. The van der Waals surface area contributed by atoms with Gasteiger partial charge in [-0.25, -0.2) is 0 Å². The van der Waals surface area contributed by atoms with Crippen LogP contribution in [0.3, 0.4) is 0 Å². The van der Waals surface area contributed by atoms with Crippen molar-refractivity contribution in [2.45, 2.75) is 118 Å². The molecule has 2 unspecified atom stereocenters. The fourth-order valence-electron chi connectivity index (χ4n) is 11.5. The third-order valence-corrected chi connectivity index (χ3v) is 14.3. The van der Waals surface area contributed by atoms with E-state index >= 15 is 0 Å². The second-order valence-electron chi connectivity index (χ2n) is 16.7. The van der Waals surface area contributed by atoms with E-state index in [0.29, 0.717) is 18.9 Å². The van der Waals surface area contributed by atoms with Gasteiger partial charge in [0.1, 0.15) is 6.61 Å². The van der Waals surface area contributed by atoms with E-state index in [9.17, 15) is 19.8 Å². The van der Waals surface area contributed by atoms with Gasteiger partial charge < -0.3 is 19.7 Å². The van der Waals surface area contributed by atoms with Crippen LogP contribution in [0.15, 0.2) is 11.6 Å². The van der Waals surface area contributed by atoms with Gasteiger partial charge in [-0.15, -0.1) is 0 Å². The van der Waals surface area contributed by atoms with E-state index in [1.165, 1.54) is 5.57 Å². The van der Waals surface area contributed by atoms with Crippen molar-refractivity contribution in [1.29, 1.82) is 0 Å². The lowest BCUT2D eigenvalue weighted by atomic mass is 9.32. The number of hydrogen-bond donors (Lipinski definition) is 2. The van der Waals surface area contributed by atoms with Crippen LogP contribution in [0.2, 0.25) is 0 Å². The van der Waals surface area contributed by atoms with Crippen molar-refractivity contribution in [2.24, 2.45) is 56.2 Å². The molecule has 6 heteroatoms. The van der Waals surface area contributed by atoms with Gasteiger partial charge in [0.25, 0.3) is 0 Å². The summed E-state index contributed by atoms with van der Waals surface area (Å²) in [6.45, 7) is 16.1. The summed E-state index contributed by atoms with van der Waals surface area (Å²) in [5.41, 5.74) is 0.169. The monoisotopic (exact) mass is 556 g/mol. The van der Waals surface area contributed by atoms with Crippen LogP contribution in [0.25, 0.3) is 0 Å². The maximum absolute atomic E-state index is 12.9. The van der Waals surface area contributed by atoms with Gasteiger partial charge in [0.15, 0.2) is 5.79 Å². The van der Waals surface area contributed by atoms with E-state index < -0.39 is 22.6 Å². The molecule has 9 atom stereocenters. The lowest BCUT2D eigenvalue weighted by Gasteiger charge is -2.74. The molecule has 5 aliphatic carbocycles. The van der Waals surface area contributed by atoms with Crippen LogP contribution in [-0.4, -0.2) is 41.2 Å². The first-order valence-electron chi connectivity index (χ1n) is 16.0. The molecule has 224 valence electrons. The second kappa shape index (κ2) is 8.58. The summed E-state index contributed by atoms with van der Waals surface area (Å²) in [5.74, 6) is -1.61. The van der Waals surface area contributed by atoms with E-state index in [2.05, 4.69) is 40.7 Å². The highest BCUT2D eigenvalue weighted by Gasteiger charge is 2.75. The minimum Gasteiger partial charge on any atom is -0.481 e. The Balaban J connectivity index is 1.40. The molecule has 7 rings (SSSR count). The first-order valence-corrected chi connectivity index (χ1v) is 16.0. The minimum atomic E-state index is -1.27. The molecule has 0 aromatic rings. The number of rotatable bonds is 4. The summed E-state index contributed by atoms with van der Waals surface area (Å²) in [4.78, 5) is 25.4. The predicted octanol–water partition coefficient (Wildman–Crippen LogP) is 6.75. The average molecular weight is 557 g/mol. The zero-order chi connectivity index (χ0) is 29.1. The highest BCUT2D eigenvalue weighted by Crippen LogP contribution is 2.78. The van der Waals surface area contributed by atoms with Gasteiger partial charge in [-0.05, 0) is 91.8 Å². The Morgan fingerprint density at radius 3 is 2.33 bits per heavy atom. The lowest BCUT2D eigenvalue weighted by Crippen LogP contribution is -2.74. The molecule has 2 heterocycles. The fourth-order valence-corrected chi connectivity index (χ4v) is 11.5. The fraction of sp³-hybridized carbons (Fsp3) is 0.882. The Bertz CT molecular complexity index is 1130. The molecular weight excluding hydrogens is 504 g/mol. The second-order valence-corrected chi connectivity index (χ2v) is 16.7. The molecule has 0 aromatic heterocycles. The third-order valence-electron chi connectivity index (χ3n) is 14.3. The number of ether oxygens (including phenoxy) is 2. The molecule has 2 bridgehead atoms. The minimum absolute atomic E-state index is 0.0194. The average Bonchev–Trinajstić information content (AvgIpc) is 2.88. The predicted molar refractivity (Wildman–Crippen MR) is 152 cm³/mol. The van der Waals surface area contributed by atoms with Crippen molar-refractivity contribution in [3.8, 4) is 0 Å². The Morgan fingerprint density at radius 2 is 1.70 bits per heavy atom. The largest absolute Gasteiger partial charge is 0.481 e. The number of hydrogen-bond acceptors (Lipinski definition) is 5. The van der Waals surface area contributed by atoms with Crippen molar-refractivity contribution < 1.29 is 29.3 Å². The molecular formula is C34H52O6. The number of carboxylic acid groups (broad SMARTS) is 1. The van der Waals surface area contributed by atoms with Crippen LogP contribution in [0, 0.1) is 56.2 Å². The molecule has 40 heavy (non-hydrogen) atoms. The van der Waals surface area contributed by atoms with Crippen molar-refractivity contribution in [1.82, 2.24) is 0 Å². The maximum Gasteiger partial charge on any atom is 0.310 e. The Labute approximate surface area is 240 Å². The van der Waals surface area contributed by atoms with Crippen LogP contribution < -0.4 is 0 Å². The molecule has 2 aliphatic heterocycles. The van der Waals surface area contributed by atoms with Crippen molar-refractivity contribution in [3.63, 3.8) is 0 Å². The molecule has 2 N–H and O–H groups in total. The standard InChI is InChI=1S/C34H52O6/c1-21(2)26(35)39-19-31(7)25-10-11-30(6)24(33(25)16-17-34(31,38)40-20-33)9-8-22-23-18-28(3,4)12-14-32(23,27(36)37)15-13-29(22,30)5/h8,21,23-25,38H,9-20H2,1-7H3,(H,36,37)/t23-,24+,25?,29-,30-,31?,32+,33+,34+/m1/s1. The number of aliphatic hydroxyl groups is 1. The highest BCUT2D eigenvalue weighted by atomic mass is 16.6. The third kappa shape index (κ3) is 3.41. The number of aliphatic carboxylic acids is 1. The summed E-state index contributed by atoms with van der Waals surface area (Å²) < 4.78 is 12.3. The van der Waals surface area contributed by atoms with E-state index in [1.807, 2.05) is 13.8 Å². The van der Waals surface area contributed by atoms with E-state index in [1.54, 1.807) is 0 Å². The Hall–Kier alpha value is -1.40. The number of fused-ring (bicyclic) bond motifs is 7. The summed E-state index contributed by atoms with van der Waals surface area (Å²) in [6.07, 6.45) is 11.3. The summed E-state index contributed by atoms with van der Waals surface area (Å²) in [7, 11) is 0. The SMILES string of the molecule is CC(C)C(=O)OCC1(C)C2CC[C@]3(C)[C@H](CC=C4[C@H]5CC(C)(C)CC[C@]5(C(=O)O)CC[C@]43C)[C@@]23CC[C@]1(O)OC3. The zero-order valence-corrected chi connectivity index (χ0v) is 25.9. The van der Waals surface area contributed by atoms with Gasteiger partial charge in [0, 0.05) is 11.8 Å². The van der Waals surface area contributed by atoms with Gasteiger partial charge in [-0.3, -0.25) is 9.59 Å². The number of carbonyl (C=O) groups is 2. The summed E-state index contributed by atoms with van der Waals surface area (Å²) >= 11 is 0. The number of carboxylic acids is 1. The number of esters is 1. The molecule has 0 aromatic carbocycles.